The molecule has 1 aromatic heterocycles. The van der Waals surface area contributed by atoms with Gasteiger partial charge in [-0.05, 0) is 37.1 Å². The zero-order valence-corrected chi connectivity index (χ0v) is 15.8. The normalized spacial score (nSPS) is 22.0. The molecule has 2 aromatic carbocycles. The average molecular weight is 379 g/mol. The maximum atomic E-state index is 12.9. The maximum Gasteiger partial charge on any atom is 0.415 e. The van der Waals surface area contributed by atoms with Crippen LogP contribution in [0, 0.1) is 0 Å². The van der Waals surface area contributed by atoms with E-state index in [-0.39, 0.29) is 6.09 Å². The van der Waals surface area contributed by atoms with Gasteiger partial charge < -0.3 is 14.5 Å². The van der Waals surface area contributed by atoms with Gasteiger partial charge in [-0.15, -0.1) is 11.3 Å². The van der Waals surface area contributed by atoms with Crippen LogP contribution in [0.1, 0.15) is 12.8 Å². The zero-order valence-electron chi connectivity index (χ0n) is 15.0. The molecule has 3 saturated heterocycles. The van der Waals surface area contributed by atoms with Crippen LogP contribution in [0.2, 0.25) is 0 Å². The van der Waals surface area contributed by atoms with Crippen molar-refractivity contribution in [3.63, 3.8) is 0 Å². The number of thiazole rings is 1. The van der Waals surface area contributed by atoms with Crippen LogP contribution in [0.5, 0.6) is 5.75 Å². The van der Waals surface area contributed by atoms with Gasteiger partial charge in [0.05, 0.1) is 15.8 Å². The number of nitrogens with zero attached hydrogens (tertiary/aromatic N) is 3. The zero-order chi connectivity index (χ0) is 18.2. The predicted molar refractivity (Wildman–Crippen MR) is 107 cm³/mol. The Morgan fingerprint density at radius 1 is 1.00 bits per heavy atom. The first-order valence-corrected chi connectivity index (χ1v) is 10.3. The highest BCUT2D eigenvalue weighted by Crippen LogP contribution is 2.36. The molecule has 138 valence electrons. The monoisotopic (exact) mass is 379 g/mol. The number of carbonyl (C=O) groups excluding carboxylic acids is 1. The van der Waals surface area contributed by atoms with E-state index in [2.05, 4.69) is 11.0 Å². The van der Waals surface area contributed by atoms with Gasteiger partial charge >= 0.3 is 6.09 Å². The SMILES string of the molecule is O=C(Oc1ccccc1-c1nc2ccccc2s1)N1CCN2CCC1CC2. The van der Waals surface area contributed by atoms with Crippen LogP contribution < -0.4 is 4.74 Å². The molecule has 3 aromatic rings. The summed E-state index contributed by atoms with van der Waals surface area (Å²) in [4.78, 5) is 22.0. The summed E-state index contributed by atoms with van der Waals surface area (Å²) in [5, 5.41) is 0.877. The van der Waals surface area contributed by atoms with Gasteiger partial charge in [0.15, 0.2) is 0 Å². The van der Waals surface area contributed by atoms with E-state index in [1.54, 1.807) is 11.3 Å². The molecule has 3 aliphatic heterocycles. The quantitative estimate of drug-likeness (QED) is 0.668. The summed E-state index contributed by atoms with van der Waals surface area (Å²) < 4.78 is 7.01. The Labute approximate surface area is 162 Å². The third-order valence-electron chi connectivity index (χ3n) is 5.50. The lowest BCUT2D eigenvalue weighted by Crippen LogP contribution is -2.43. The fourth-order valence-corrected chi connectivity index (χ4v) is 4.99. The number of hydrogen-bond donors (Lipinski definition) is 0. The summed E-state index contributed by atoms with van der Waals surface area (Å²) in [6, 6.07) is 16.1. The van der Waals surface area contributed by atoms with E-state index in [1.165, 1.54) is 0 Å². The third kappa shape index (κ3) is 3.19. The molecule has 0 N–H and O–H groups in total. The number of fused-ring (bicyclic) bond motifs is 5. The molecular weight excluding hydrogens is 358 g/mol. The van der Waals surface area contributed by atoms with Crippen molar-refractivity contribution in [3.05, 3.63) is 48.5 Å². The molecule has 27 heavy (non-hydrogen) atoms. The van der Waals surface area contributed by atoms with Gasteiger partial charge in [0.1, 0.15) is 10.8 Å². The predicted octanol–water partition coefficient (Wildman–Crippen LogP) is 4.24. The van der Waals surface area contributed by atoms with Gasteiger partial charge in [0.2, 0.25) is 0 Å². The number of ether oxygens (including phenoxy) is 1. The minimum atomic E-state index is -0.239. The molecule has 0 unspecified atom stereocenters. The summed E-state index contributed by atoms with van der Waals surface area (Å²) in [6.45, 7) is 3.84. The highest BCUT2D eigenvalue weighted by Gasteiger charge is 2.33. The van der Waals surface area contributed by atoms with Crippen LogP contribution in [0.25, 0.3) is 20.8 Å². The molecule has 4 heterocycles. The highest BCUT2D eigenvalue weighted by molar-refractivity contribution is 7.21. The molecular formula is C21H21N3O2S. The summed E-state index contributed by atoms with van der Waals surface area (Å²) in [6.07, 6.45) is 1.83. The fourth-order valence-electron chi connectivity index (χ4n) is 4.00. The number of hydrogen-bond acceptors (Lipinski definition) is 5. The molecule has 6 rings (SSSR count). The molecule has 2 bridgehead atoms. The van der Waals surface area contributed by atoms with Crippen LogP contribution in [0.15, 0.2) is 48.5 Å². The lowest BCUT2D eigenvalue weighted by molar-refractivity contribution is 0.131. The summed E-state index contributed by atoms with van der Waals surface area (Å²) in [5.41, 5.74) is 1.84. The Balaban J connectivity index is 1.43. The van der Waals surface area contributed by atoms with Crippen molar-refractivity contribution in [1.29, 1.82) is 0 Å². The molecule has 0 radical (unpaired) electrons. The number of carbonyl (C=O) groups is 1. The van der Waals surface area contributed by atoms with Crippen molar-refractivity contribution < 1.29 is 9.53 Å². The minimum absolute atomic E-state index is 0.239. The van der Waals surface area contributed by atoms with E-state index in [0.717, 1.165) is 59.8 Å². The van der Waals surface area contributed by atoms with Crippen molar-refractivity contribution >= 4 is 27.6 Å². The molecule has 1 amide bonds. The van der Waals surface area contributed by atoms with E-state index in [4.69, 9.17) is 9.72 Å². The standard InChI is InChI=1S/C21H21N3O2S/c25-21(24-14-13-23-11-9-15(24)10-12-23)26-18-7-3-1-5-16(18)20-22-17-6-2-4-8-19(17)27-20/h1-8,15H,9-14H2. The second-order valence-electron chi connectivity index (χ2n) is 7.12. The van der Waals surface area contributed by atoms with Crippen molar-refractivity contribution in [3.8, 4) is 16.3 Å². The number of para-hydroxylation sites is 2. The van der Waals surface area contributed by atoms with Crippen molar-refractivity contribution in [2.75, 3.05) is 26.2 Å². The molecule has 6 heteroatoms. The van der Waals surface area contributed by atoms with Gasteiger partial charge in [0, 0.05) is 32.2 Å². The summed E-state index contributed by atoms with van der Waals surface area (Å²) >= 11 is 1.62. The minimum Gasteiger partial charge on any atom is -0.409 e. The Morgan fingerprint density at radius 2 is 1.78 bits per heavy atom. The van der Waals surface area contributed by atoms with Crippen molar-refractivity contribution in [2.45, 2.75) is 18.9 Å². The summed E-state index contributed by atoms with van der Waals surface area (Å²) in [7, 11) is 0. The van der Waals surface area contributed by atoms with Crippen LogP contribution in [-0.4, -0.2) is 53.1 Å². The lowest BCUT2D eigenvalue weighted by Gasteiger charge is -2.30. The smallest absolute Gasteiger partial charge is 0.409 e. The van der Waals surface area contributed by atoms with Gasteiger partial charge in [-0.2, -0.15) is 0 Å². The second kappa shape index (κ2) is 6.94. The van der Waals surface area contributed by atoms with Gasteiger partial charge in [0.25, 0.3) is 0 Å². The molecule has 0 saturated carbocycles. The molecule has 0 spiro atoms. The topological polar surface area (TPSA) is 45.7 Å². The Morgan fingerprint density at radius 3 is 2.63 bits per heavy atom. The van der Waals surface area contributed by atoms with Crippen LogP contribution in [0.3, 0.4) is 0 Å². The highest BCUT2D eigenvalue weighted by atomic mass is 32.1. The van der Waals surface area contributed by atoms with E-state index >= 15 is 0 Å². The maximum absolute atomic E-state index is 12.9. The van der Waals surface area contributed by atoms with Crippen LogP contribution in [-0.2, 0) is 0 Å². The number of rotatable bonds is 2. The van der Waals surface area contributed by atoms with Gasteiger partial charge in [-0.25, -0.2) is 9.78 Å². The number of aromatic nitrogens is 1. The van der Waals surface area contributed by atoms with E-state index in [0.29, 0.717) is 11.8 Å². The van der Waals surface area contributed by atoms with Crippen molar-refractivity contribution in [1.82, 2.24) is 14.8 Å². The first kappa shape index (κ1) is 16.7. The largest absolute Gasteiger partial charge is 0.415 e. The van der Waals surface area contributed by atoms with Gasteiger partial charge in [-0.1, -0.05) is 24.3 Å². The van der Waals surface area contributed by atoms with Gasteiger partial charge in [-0.3, -0.25) is 0 Å². The molecule has 3 fully saturated rings. The van der Waals surface area contributed by atoms with E-state index < -0.39 is 0 Å². The van der Waals surface area contributed by atoms with E-state index in [1.807, 2.05) is 47.4 Å². The number of piperidine rings is 1. The lowest BCUT2D eigenvalue weighted by atomic mass is 10.1. The first-order valence-electron chi connectivity index (χ1n) is 9.44. The van der Waals surface area contributed by atoms with Crippen LogP contribution in [0.4, 0.5) is 4.79 Å². The summed E-state index contributed by atoms with van der Waals surface area (Å²) in [5.74, 6) is 0.584. The molecule has 5 nitrogen and oxygen atoms in total. The first-order chi connectivity index (χ1) is 13.3. The Kier molecular flexibility index (Phi) is 4.30. The van der Waals surface area contributed by atoms with Crippen molar-refractivity contribution in [2.24, 2.45) is 0 Å². The van der Waals surface area contributed by atoms with Crippen LogP contribution >= 0.6 is 11.3 Å². The Bertz CT molecular complexity index is 945. The molecule has 3 aliphatic rings. The second-order valence-corrected chi connectivity index (χ2v) is 8.15. The number of benzene rings is 2. The average Bonchev–Trinajstić information content (AvgIpc) is 2.90. The van der Waals surface area contributed by atoms with E-state index in [9.17, 15) is 4.79 Å². The molecule has 0 atom stereocenters. The molecule has 0 aliphatic carbocycles. The third-order valence-corrected chi connectivity index (χ3v) is 6.57. The Hall–Kier alpha value is -2.44. The fraction of sp³-hybridized carbons (Fsp3) is 0.333. The number of amides is 1.